The molecule has 0 aliphatic heterocycles. The summed E-state index contributed by atoms with van der Waals surface area (Å²) in [6.07, 6.45) is 3.40. The maximum Gasteiger partial charge on any atom is 0.313 e. The molecule has 6 nitrogen and oxygen atoms in total. The van der Waals surface area contributed by atoms with E-state index in [1.54, 1.807) is 12.4 Å². The Hall–Kier alpha value is -1.60. The topological polar surface area (TPSA) is 77.2 Å². The van der Waals surface area contributed by atoms with Crippen LogP contribution in [0.2, 0.25) is 0 Å². The predicted molar refractivity (Wildman–Crippen MR) is 81.5 cm³/mol. The van der Waals surface area contributed by atoms with Crippen LogP contribution in [0.3, 0.4) is 0 Å². The van der Waals surface area contributed by atoms with E-state index in [0.717, 1.165) is 11.0 Å². The average Bonchev–Trinajstić information content (AvgIpc) is 2.79. The molecule has 0 aromatic carbocycles. The largest absolute Gasteiger partial charge is 0.481 e. The van der Waals surface area contributed by atoms with Gasteiger partial charge in [-0.15, -0.1) is 0 Å². The van der Waals surface area contributed by atoms with Crippen LogP contribution < -0.4 is 0 Å². The first-order valence-corrected chi connectivity index (χ1v) is 7.79. The zero-order valence-corrected chi connectivity index (χ0v) is 13.0. The maximum atomic E-state index is 10.7. The number of ether oxygens (including phenoxy) is 1. The molecule has 0 aliphatic carbocycles. The van der Waals surface area contributed by atoms with Crippen LogP contribution in [0.15, 0.2) is 23.6 Å². The van der Waals surface area contributed by atoms with Crippen molar-refractivity contribution in [2.75, 3.05) is 19.0 Å². The van der Waals surface area contributed by atoms with Crippen LogP contribution in [0.5, 0.6) is 0 Å². The van der Waals surface area contributed by atoms with Crippen molar-refractivity contribution in [2.24, 2.45) is 5.92 Å². The number of imidazole rings is 1. The van der Waals surface area contributed by atoms with Crippen LogP contribution in [-0.4, -0.2) is 44.6 Å². The molecule has 0 spiro atoms. The Labute approximate surface area is 127 Å². The van der Waals surface area contributed by atoms with Gasteiger partial charge in [-0.2, -0.15) is 0 Å². The molecule has 0 radical (unpaired) electrons. The molecular formula is C14H19N3O3S. The molecule has 114 valence electrons. The highest BCUT2D eigenvalue weighted by molar-refractivity contribution is 7.99. The third-order valence-corrected chi connectivity index (χ3v) is 3.71. The molecule has 0 fully saturated rings. The van der Waals surface area contributed by atoms with Gasteiger partial charge < -0.3 is 14.4 Å². The summed E-state index contributed by atoms with van der Waals surface area (Å²) < 4.78 is 7.60. The van der Waals surface area contributed by atoms with E-state index >= 15 is 0 Å². The summed E-state index contributed by atoms with van der Waals surface area (Å²) in [6, 6.07) is 1.88. The van der Waals surface area contributed by atoms with Gasteiger partial charge in [-0.25, -0.2) is 4.98 Å². The summed E-state index contributed by atoms with van der Waals surface area (Å²) in [7, 11) is 0. The monoisotopic (exact) mass is 309 g/mol. The number of fused-ring (bicyclic) bond motifs is 1. The Kier molecular flexibility index (Phi) is 5.58. The fourth-order valence-corrected chi connectivity index (χ4v) is 2.65. The Morgan fingerprint density at radius 1 is 1.52 bits per heavy atom. The van der Waals surface area contributed by atoms with Crippen molar-refractivity contribution >= 4 is 28.8 Å². The van der Waals surface area contributed by atoms with E-state index in [1.165, 1.54) is 11.8 Å². The van der Waals surface area contributed by atoms with E-state index in [4.69, 9.17) is 9.84 Å². The van der Waals surface area contributed by atoms with Crippen molar-refractivity contribution in [2.45, 2.75) is 25.5 Å². The number of pyridine rings is 1. The van der Waals surface area contributed by atoms with Gasteiger partial charge in [-0.05, 0) is 12.0 Å². The molecule has 7 heteroatoms. The van der Waals surface area contributed by atoms with Gasteiger partial charge in [0.1, 0.15) is 5.52 Å². The highest BCUT2D eigenvalue weighted by Crippen LogP contribution is 2.23. The van der Waals surface area contributed by atoms with Crippen molar-refractivity contribution in [1.82, 2.24) is 14.5 Å². The minimum absolute atomic E-state index is 0.0103. The number of carboxylic acids is 1. The summed E-state index contributed by atoms with van der Waals surface area (Å²) >= 11 is 1.21. The zero-order valence-electron chi connectivity index (χ0n) is 12.2. The quantitative estimate of drug-likeness (QED) is 0.595. The van der Waals surface area contributed by atoms with E-state index in [0.29, 0.717) is 30.8 Å². The van der Waals surface area contributed by atoms with Gasteiger partial charge in [-0.1, -0.05) is 25.6 Å². The number of rotatable bonds is 8. The van der Waals surface area contributed by atoms with E-state index in [9.17, 15) is 4.79 Å². The molecule has 2 rings (SSSR count). The molecule has 0 aliphatic rings. The second-order valence-corrected chi connectivity index (χ2v) is 6.00. The Bertz CT molecular complexity index is 613. The number of carboxylic acid groups (broad SMARTS) is 1. The maximum absolute atomic E-state index is 10.7. The predicted octanol–water partition coefficient (Wildman–Crippen LogP) is 2.28. The second-order valence-electron chi connectivity index (χ2n) is 5.06. The van der Waals surface area contributed by atoms with Crippen LogP contribution in [0, 0.1) is 5.92 Å². The fourth-order valence-electron chi connectivity index (χ4n) is 1.89. The SMILES string of the molecule is CC(C)COCCn1c(SCC(=O)O)nc2cnccc21. The molecule has 0 atom stereocenters. The number of nitrogens with zero attached hydrogens (tertiary/aromatic N) is 3. The minimum atomic E-state index is -0.854. The average molecular weight is 309 g/mol. The summed E-state index contributed by atoms with van der Waals surface area (Å²) in [6.45, 7) is 6.15. The highest BCUT2D eigenvalue weighted by Gasteiger charge is 2.12. The molecule has 0 amide bonds. The Morgan fingerprint density at radius 2 is 2.33 bits per heavy atom. The van der Waals surface area contributed by atoms with E-state index in [2.05, 4.69) is 23.8 Å². The lowest BCUT2D eigenvalue weighted by Gasteiger charge is -2.10. The van der Waals surface area contributed by atoms with Crippen molar-refractivity contribution in [1.29, 1.82) is 0 Å². The van der Waals surface area contributed by atoms with Gasteiger partial charge in [0.05, 0.1) is 24.1 Å². The summed E-state index contributed by atoms with van der Waals surface area (Å²) in [5.74, 6) is -0.369. The minimum Gasteiger partial charge on any atom is -0.481 e. The van der Waals surface area contributed by atoms with Crippen LogP contribution in [0.4, 0.5) is 0 Å². The summed E-state index contributed by atoms with van der Waals surface area (Å²) in [4.78, 5) is 19.2. The third-order valence-electron chi connectivity index (χ3n) is 2.75. The Morgan fingerprint density at radius 3 is 3.05 bits per heavy atom. The highest BCUT2D eigenvalue weighted by atomic mass is 32.2. The molecule has 0 saturated heterocycles. The number of aliphatic carboxylic acids is 1. The first-order valence-electron chi connectivity index (χ1n) is 6.80. The lowest BCUT2D eigenvalue weighted by molar-refractivity contribution is -0.133. The van der Waals surface area contributed by atoms with Crippen molar-refractivity contribution < 1.29 is 14.6 Å². The van der Waals surface area contributed by atoms with E-state index in [-0.39, 0.29) is 5.75 Å². The number of carbonyl (C=O) groups is 1. The fraction of sp³-hybridized carbons (Fsp3) is 0.500. The number of hydrogen-bond donors (Lipinski definition) is 1. The summed E-state index contributed by atoms with van der Waals surface area (Å²) in [5.41, 5.74) is 1.72. The van der Waals surface area contributed by atoms with Gasteiger partial charge in [0, 0.05) is 19.3 Å². The summed E-state index contributed by atoms with van der Waals surface area (Å²) in [5, 5.41) is 9.51. The molecule has 0 saturated carbocycles. The third kappa shape index (κ3) is 4.44. The lowest BCUT2D eigenvalue weighted by atomic mass is 10.2. The second kappa shape index (κ2) is 7.42. The number of thioether (sulfide) groups is 1. The van der Waals surface area contributed by atoms with Crippen LogP contribution >= 0.6 is 11.8 Å². The van der Waals surface area contributed by atoms with Gasteiger partial charge in [0.25, 0.3) is 0 Å². The number of aromatic nitrogens is 3. The van der Waals surface area contributed by atoms with Crippen molar-refractivity contribution in [3.63, 3.8) is 0 Å². The van der Waals surface area contributed by atoms with E-state index in [1.807, 2.05) is 10.6 Å². The smallest absolute Gasteiger partial charge is 0.313 e. The first-order chi connectivity index (χ1) is 10.1. The molecule has 2 aromatic rings. The molecular weight excluding hydrogens is 290 g/mol. The molecule has 2 aromatic heterocycles. The molecule has 1 N–H and O–H groups in total. The normalized spacial score (nSPS) is 11.4. The molecule has 21 heavy (non-hydrogen) atoms. The first kappa shape index (κ1) is 15.8. The van der Waals surface area contributed by atoms with Crippen LogP contribution in [-0.2, 0) is 16.1 Å². The van der Waals surface area contributed by atoms with Crippen LogP contribution in [0.25, 0.3) is 11.0 Å². The van der Waals surface area contributed by atoms with Gasteiger partial charge in [-0.3, -0.25) is 9.78 Å². The van der Waals surface area contributed by atoms with Crippen molar-refractivity contribution in [3.8, 4) is 0 Å². The Balaban J connectivity index is 2.13. The van der Waals surface area contributed by atoms with Crippen molar-refractivity contribution in [3.05, 3.63) is 18.5 Å². The number of hydrogen-bond acceptors (Lipinski definition) is 5. The molecule has 0 bridgehead atoms. The molecule has 2 heterocycles. The zero-order chi connectivity index (χ0) is 15.2. The van der Waals surface area contributed by atoms with Gasteiger partial charge in [0.2, 0.25) is 0 Å². The van der Waals surface area contributed by atoms with E-state index < -0.39 is 5.97 Å². The van der Waals surface area contributed by atoms with Gasteiger partial charge in [0.15, 0.2) is 5.16 Å². The van der Waals surface area contributed by atoms with Gasteiger partial charge >= 0.3 is 5.97 Å². The standard InChI is InChI=1S/C14H19N3O3S/c1-10(2)8-20-6-5-17-12-3-4-15-7-11(12)16-14(17)21-9-13(18)19/h3-4,7,10H,5-6,8-9H2,1-2H3,(H,18,19). The lowest BCUT2D eigenvalue weighted by Crippen LogP contribution is -2.11. The van der Waals surface area contributed by atoms with Crippen LogP contribution in [0.1, 0.15) is 13.8 Å². The molecule has 0 unspecified atom stereocenters.